The van der Waals surface area contributed by atoms with Gasteiger partial charge in [0.25, 0.3) is 0 Å². The zero-order valence-corrected chi connectivity index (χ0v) is 6.97. The molecule has 0 heterocycles. The Morgan fingerprint density at radius 2 is 1.60 bits per heavy atom. The molecule has 0 aromatic carbocycles. The highest BCUT2D eigenvalue weighted by atomic mass is 35.6. The van der Waals surface area contributed by atoms with E-state index in [-0.39, 0.29) is 0 Å². The van der Waals surface area contributed by atoms with Crippen molar-refractivity contribution >= 4 is 37.0 Å². The van der Waals surface area contributed by atoms with Crippen molar-refractivity contribution in [2.75, 3.05) is 5.88 Å². The molecular formula is C2H7AlCl2. The molecule has 5 heavy (non-hydrogen) atoms. The van der Waals surface area contributed by atoms with Crippen LogP contribution in [0, 0.1) is 0 Å². The first-order valence-corrected chi connectivity index (χ1v) is 4.91. The van der Waals surface area contributed by atoms with Crippen LogP contribution in [-0.4, -0.2) is 21.2 Å². The molecule has 3 heteroatoms. The van der Waals surface area contributed by atoms with E-state index >= 15 is 0 Å². The second-order valence-electron chi connectivity index (χ2n) is 0.267. The molecule has 0 unspecified atom stereocenters. The van der Waals surface area contributed by atoms with Crippen molar-refractivity contribution in [2.24, 2.45) is 0 Å². The summed E-state index contributed by atoms with van der Waals surface area (Å²) in [7, 11) is 4.78. The minimum absolute atomic E-state index is 0.722. The van der Waals surface area contributed by atoms with Crippen LogP contribution in [0.4, 0.5) is 0 Å². The van der Waals surface area contributed by atoms with Crippen molar-refractivity contribution < 1.29 is 0 Å². The van der Waals surface area contributed by atoms with E-state index in [1.54, 1.807) is 0 Å². The number of rotatable bonds is 0. The van der Waals surface area contributed by atoms with Gasteiger partial charge >= 0.3 is 15.4 Å². The highest BCUT2D eigenvalue weighted by Gasteiger charge is 1.38. The largest absolute Gasteiger partial charge is 0.353 e. The van der Waals surface area contributed by atoms with Gasteiger partial charge in [-0.25, -0.2) is 0 Å². The molecule has 0 atom stereocenters. The topological polar surface area (TPSA) is 0 Å². The normalized spacial score (nSPS) is 4.60. The highest BCUT2D eigenvalue weighted by Crippen LogP contribution is 1.59. The first-order chi connectivity index (χ1) is 2.41. The zero-order chi connectivity index (χ0) is 4.71. The Bertz CT molecular complexity index is 7.61. The average Bonchev–Trinajstić information content (AvgIpc) is 1.46. The van der Waals surface area contributed by atoms with Gasteiger partial charge in [-0.15, -0.1) is 11.6 Å². The van der Waals surface area contributed by atoms with Gasteiger partial charge in [-0.05, 0) is 0 Å². The van der Waals surface area contributed by atoms with E-state index in [1.807, 2.05) is 6.92 Å². The summed E-state index contributed by atoms with van der Waals surface area (Å²) in [4.78, 5) is 0. The van der Waals surface area contributed by atoms with Crippen molar-refractivity contribution in [1.29, 1.82) is 0 Å². The van der Waals surface area contributed by atoms with Gasteiger partial charge in [0.05, 0.1) is 0 Å². The van der Waals surface area contributed by atoms with Crippen molar-refractivity contribution in [1.82, 2.24) is 0 Å². The number of hydrogen-bond donors (Lipinski definition) is 0. The molecule has 0 aliphatic rings. The molecule has 32 valence electrons. The Kier molecular flexibility index (Phi) is 36.6. The molecule has 0 radical (unpaired) electrons. The summed E-state index contributed by atoms with van der Waals surface area (Å²) in [5.41, 5.74) is 0. The van der Waals surface area contributed by atoms with Crippen LogP contribution < -0.4 is 0 Å². The van der Waals surface area contributed by atoms with E-state index < -0.39 is 0 Å². The van der Waals surface area contributed by atoms with Crippen LogP contribution in [0.15, 0.2) is 0 Å². The second kappa shape index (κ2) is 19.4. The Balaban J connectivity index is 0. The Morgan fingerprint density at radius 3 is 1.60 bits per heavy atom. The fraction of sp³-hybridized carbons (Fsp3) is 1.00. The molecule has 0 nitrogen and oxygen atoms in total. The van der Waals surface area contributed by atoms with Crippen LogP contribution in [-0.2, 0) is 0 Å². The molecule has 0 aliphatic carbocycles. The molecule has 0 amide bonds. The SMILES string of the molecule is CCCl.[AlH2][Cl]. The lowest BCUT2D eigenvalue weighted by Crippen LogP contribution is -1.36. The lowest BCUT2D eigenvalue weighted by atomic mass is 11.0. The fourth-order valence-corrected chi connectivity index (χ4v) is 0. The maximum Gasteiger partial charge on any atom is 0.353 e. The molecule has 0 bridgehead atoms. The van der Waals surface area contributed by atoms with E-state index in [9.17, 15) is 0 Å². The molecule has 0 aromatic rings. The van der Waals surface area contributed by atoms with Crippen LogP contribution in [0.2, 0.25) is 0 Å². The van der Waals surface area contributed by atoms with E-state index in [2.05, 4.69) is 0 Å². The summed E-state index contributed by atoms with van der Waals surface area (Å²) in [5, 5.41) is 0. The maximum absolute atomic E-state index is 5.00. The predicted molar refractivity (Wildman–Crippen MR) is 30.8 cm³/mol. The van der Waals surface area contributed by atoms with E-state index in [0.717, 1.165) is 21.2 Å². The lowest BCUT2D eigenvalue weighted by molar-refractivity contribution is 1.51. The van der Waals surface area contributed by atoms with Crippen LogP contribution in [0.5, 0.6) is 0 Å². The standard InChI is InChI=1S/C2H5Cl.Al.ClH.2H/c1-2-3;;;;/h2H2,1H3;;1H;;/q;+1;;;/p-1. The van der Waals surface area contributed by atoms with Crippen LogP contribution >= 0.6 is 21.7 Å². The van der Waals surface area contributed by atoms with Crippen LogP contribution in [0.1, 0.15) is 6.92 Å². The second-order valence-corrected chi connectivity index (χ2v) is 0.802. The van der Waals surface area contributed by atoms with Gasteiger partial charge in [0.1, 0.15) is 0 Å². The van der Waals surface area contributed by atoms with Gasteiger partial charge < -0.3 is 0 Å². The lowest BCUT2D eigenvalue weighted by Gasteiger charge is -1.45. The van der Waals surface area contributed by atoms with Crippen LogP contribution in [0.3, 0.4) is 0 Å². The van der Waals surface area contributed by atoms with Gasteiger partial charge in [0.15, 0.2) is 0 Å². The highest BCUT2D eigenvalue weighted by molar-refractivity contribution is 6.80. The summed E-state index contributed by atoms with van der Waals surface area (Å²) >= 11 is 5.78. The molecular weight excluding hydrogens is 122 g/mol. The third-order valence-corrected chi connectivity index (χ3v) is 0. The molecule has 0 aliphatic heterocycles. The van der Waals surface area contributed by atoms with Gasteiger partial charge in [0.2, 0.25) is 0 Å². The average molecular weight is 129 g/mol. The molecule has 0 spiro atoms. The summed E-state index contributed by atoms with van der Waals surface area (Å²) in [6, 6.07) is 0. The van der Waals surface area contributed by atoms with E-state index in [4.69, 9.17) is 21.7 Å². The minimum Gasteiger partial charge on any atom is -0.273 e. The summed E-state index contributed by atoms with van der Waals surface area (Å²) in [6.07, 6.45) is 0. The summed E-state index contributed by atoms with van der Waals surface area (Å²) in [5.74, 6) is 0.722. The molecule has 0 fully saturated rings. The fourth-order valence-electron chi connectivity index (χ4n) is 0. The Hall–Kier alpha value is 1.11. The monoisotopic (exact) mass is 128 g/mol. The smallest absolute Gasteiger partial charge is 0.273 e. The first kappa shape index (κ1) is 9.45. The summed E-state index contributed by atoms with van der Waals surface area (Å²) < 4.78 is 0. The zero-order valence-electron chi connectivity index (χ0n) is 3.46. The van der Waals surface area contributed by atoms with Crippen molar-refractivity contribution in [3.63, 3.8) is 0 Å². The van der Waals surface area contributed by atoms with E-state index in [1.165, 1.54) is 0 Å². The van der Waals surface area contributed by atoms with Crippen molar-refractivity contribution in [2.45, 2.75) is 6.92 Å². The minimum atomic E-state index is 0.722. The van der Waals surface area contributed by atoms with Crippen molar-refractivity contribution in [3.8, 4) is 0 Å². The molecule has 0 saturated carbocycles. The number of hydrogen-bond acceptors (Lipinski definition) is 0. The first-order valence-electron chi connectivity index (χ1n) is 1.35. The summed E-state index contributed by atoms with van der Waals surface area (Å²) in [6.45, 7) is 1.89. The molecule has 0 saturated heterocycles. The van der Waals surface area contributed by atoms with Gasteiger partial charge in [-0.3, -0.25) is 10.0 Å². The molecule has 0 aromatic heterocycles. The van der Waals surface area contributed by atoms with E-state index in [0.29, 0.717) is 0 Å². The third kappa shape index (κ3) is 40.0. The Labute approximate surface area is 50.1 Å². The van der Waals surface area contributed by atoms with Gasteiger partial charge in [-0.1, -0.05) is 6.92 Å². The maximum atomic E-state index is 5.00. The van der Waals surface area contributed by atoms with Crippen LogP contribution in [0.25, 0.3) is 0 Å². The number of alkyl halides is 1. The van der Waals surface area contributed by atoms with Gasteiger partial charge in [0, 0.05) is 5.88 Å². The quantitative estimate of drug-likeness (QED) is 0.338. The number of halogens is 2. The molecule has 0 N–H and O–H groups in total. The van der Waals surface area contributed by atoms with Crippen molar-refractivity contribution in [3.05, 3.63) is 0 Å². The van der Waals surface area contributed by atoms with Gasteiger partial charge in [-0.2, -0.15) is 0 Å². The third-order valence-electron chi connectivity index (χ3n) is 0. The molecule has 0 rings (SSSR count). The Morgan fingerprint density at radius 1 is 1.60 bits per heavy atom. The predicted octanol–water partition coefficient (Wildman–Crippen LogP) is 1.02.